The second-order valence-corrected chi connectivity index (χ2v) is 10.6. The molecule has 0 aliphatic carbocycles. The maximum Gasteiger partial charge on any atom is 0.293 e. The fourth-order valence-electron chi connectivity index (χ4n) is 3.79. The number of likely N-dealkylation sites (tertiary alicyclic amines) is 1. The van der Waals surface area contributed by atoms with E-state index in [0.717, 1.165) is 42.8 Å². The number of thioether (sulfide) groups is 1. The number of anilines is 1. The van der Waals surface area contributed by atoms with Crippen LogP contribution in [0.5, 0.6) is 0 Å². The zero-order valence-electron chi connectivity index (χ0n) is 18.0. The molecule has 1 fully saturated rings. The Morgan fingerprint density at radius 2 is 1.78 bits per heavy atom. The summed E-state index contributed by atoms with van der Waals surface area (Å²) in [7, 11) is -4.02. The topological polar surface area (TPSA) is 119 Å². The van der Waals surface area contributed by atoms with Gasteiger partial charge in [-0.3, -0.25) is 10.1 Å². The van der Waals surface area contributed by atoms with E-state index in [1.54, 1.807) is 11.8 Å². The molecule has 1 aliphatic rings. The lowest BCUT2D eigenvalue weighted by atomic mass is 10.2. The maximum absolute atomic E-state index is 11.6. The zero-order chi connectivity index (χ0) is 23.0. The molecule has 0 saturated carbocycles. The van der Waals surface area contributed by atoms with Crippen molar-refractivity contribution in [2.45, 2.75) is 47.9 Å². The Hall–Kier alpha value is -2.14. The van der Waals surface area contributed by atoms with Crippen LogP contribution >= 0.6 is 11.8 Å². The van der Waals surface area contributed by atoms with E-state index in [-0.39, 0.29) is 16.6 Å². The summed E-state index contributed by atoms with van der Waals surface area (Å²) in [5.41, 5.74) is 0.0120. The monoisotopic (exact) mass is 478 g/mol. The minimum atomic E-state index is -4.02. The maximum atomic E-state index is 11.6. The van der Waals surface area contributed by atoms with Crippen molar-refractivity contribution in [3.63, 3.8) is 0 Å². The van der Waals surface area contributed by atoms with Crippen LogP contribution in [-0.2, 0) is 10.0 Å². The van der Waals surface area contributed by atoms with Crippen LogP contribution in [0, 0.1) is 10.1 Å². The predicted molar refractivity (Wildman–Crippen MR) is 129 cm³/mol. The first-order valence-corrected chi connectivity index (χ1v) is 13.3. The molecular weight excluding hydrogens is 448 g/mol. The molecule has 0 spiro atoms. The summed E-state index contributed by atoms with van der Waals surface area (Å²) in [5.74, 6) is 0.728. The number of nitrogens with two attached hydrogens (primary N) is 1. The molecule has 32 heavy (non-hydrogen) atoms. The highest BCUT2D eigenvalue weighted by atomic mass is 32.2. The normalized spacial score (nSPS) is 16.3. The van der Waals surface area contributed by atoms with Crippen LogP contribution in [0.3, 0.4) is 0 Å². The average molecular weight is 479 g/mol. The Morgan fingerprint density at radius 3 is 2.41 bits per heavy atom. The number of hydrogen-bond donors (Lipinski definition) is 2. The molecule has 0 bridgehead atoms. The van der Waals surface area contributed by atoms with Gasteiger partial charge in [-0.1, -0.05) is 31.0 Å². The molecule has 2 aromatic rings. The number of nitrogens with zero attached hydrogens (tertiary/aromatic N) is 2. The standard InChI is InChI=1S/C22H30N4O4S2/c23-32(29,30)20-10-11-21(22(16-20)26(27)28)24-18(17-31-19-8-4-3-5-9-19)12-15-25-13-6-1-2-7-14-25/h3-5,8-11,16,18,24H,1-2,6-7,12-15,17H2,(H2,23,29,30)/t18-/m1/s1. The molecule has 8 nitrogen and oxygen atoms in total. The highest BCUT2D eigenvalue weighted by molar-refractivity contribution is 7.99. The van der Waals surface area contributed by atoms with E-state index in [2.05, 4.69) is 10.2 Å². The largest absolute Gasteiger partial charge is 0.376 e. The Labute approximate surface area is 193 Å². The fraction of sp³-hybridized carbons (Fsp3) is 0.455. The van der Waals surface area contributed by atoms with Gasteiger partial charge in [-0.15, -0.1) is 11.8 Å². The number of hydrogen-bond acceptors (Lipinski definition) is 7. The van der Waals surface area contributed by atoms with E-state index in [1.807, 2.05) is 30.3 Å². The minimum absolute atomic E-state index is 0.0255. The fourth-order valence-corrected chi connectivity index (χ4v) is 5.32. The number of nitro groups is 1. The third kappa shape index (κ3) is 7.47. The molecule has 174 valence electrons. The summed E-state index contributed by atoms with van der Waals surface area (Å²) in [4.78, 5) is 14.4. The van der Waals surface area contributed by atoms with Crippen LogP contribution in [0.25, 0.3) is 0 Å². The molecule has 3 N–H and O–H groups in total. The summed E-state index contributed by atoms with van der Waals surface area (Å²) in [6, 6.07) is 13.8. The molecule has 1 saturated heterocycles. The Balaban J connectivity index is 1.76. The molecular formula is C22H30N4O4S2. The summed E-state index contributed by atoms with van der Waals surface area (Å²) >= 11 is 1.69. The van der Waals surface area contributed by atoms with Gasteiger partial charge in [0.1, 0.15) is 5.69 Å². The van der Waals surface area contributed by atoms with Crippen molar-refractivity contribution in [1.29, 1.82) is 0 Å². The van der Waals surface area contributed by atoms with E-state index >= 15 is 0 Å². The van der Waals surface area contributed by atoms with Crippen molar-refractivity contribution >= 4 is 33.2 Å². The highest BCUT2D eigenvalue weighted by Crippen LogP contribution is 2.29. The number of sulfonamides is 1. The highest BCUT2D eigenvalue weighted by Gasteiger charge is 2.22. The van der Waals surface area contributed by atoms with Crippen molar-refractivity contribution < 1.29 is 13.3 Å². The van der Waals surface area contributed by atoms with Gasteiger partial charge in [-0.05, 0) is 56.6 Å². The SMILES string of the molecule is NS(=O)(=O)c1ccc(N[C@H](CCN2CCCCCC2)CSc2ccccc2)c([N+](=O)[O-])c1. The number of nitro benzene ring substituents is 1. The summed E-state index contributed by atoms with van der Waals surface area (Å²) < 4.78 is 23.3. The number of primary sulfonamides is 1. The van der Waals surface area contributed by atoms with E-state index in [9.17, 15) is 18.5 Å². The lowest BCUT2D eigenvalue weighted by Crippen LogP contribution is -2.32. The van der Waals surface area contributed by atoms with Gasteiger partial charge in [0.25, 0.3) is 5.69 Å². The second kappa shape index (κ2) is 11.6. The number of rotatable bonds is 10. The lowest BCUT2D eigenvalue weighted by molar-refractivity contribution is -0.384. The van der Waals surface area contributed by atoms with Crippen molar-refractivity contribution in [3.8, 4) is 0 Å². The van der Waals surface area contributed by atoms with E-state index < -0.39 is 14.9 Å². The molecule has 1 heterocycles. The van der Waals surface area contributed by atoms with Gasteiger partial charge >= 0.3 is 0 Å². The van der Waals surface area contributed by atoms with Crippen LogP contribution < -0.4 is 10.5 Å². The first kappa shape index (κ1) is 24.5. The lowest BCUT2D eigenvalue weighted by Gasteiger charge is -2.25. The first-order chi connectivity index (χ1) is 15.3. The number of nitrogens with one attached hydrogen (secondary N) is 1. The minimum Gasteiger partial charge on any atom is -0.376 e. The molecule has 0 amide bonds. The quantitative estimate of drug-likeness (QED) is 0.300. The van der Waals surface area contributed by atoms with Crippen LogP contribution in [0.2, 0.25) is 0 Å². The molecule has 0 unspecified atom stereocenters. The van der Waals surface area contributed by atoms with Gasteiger partial charge < -0.3 is 10.2 Å². The zero-order valence-corrected chi connectivity index (χ0v) is 19.6. The Bertz CT molecular complexity index is 994. The molecule has 0 radical (unpaired) electrons. The summed E-state index contributed by atoms with van der Waals surface area (Å²) in [6.45, 7) is 3.08. The second-order valence-electron chi connectivity index (χ2n) is 7.99. The predicted octanol–water partition coefficient (Wildman–Crippen LogP) is 4.08. The third-order valence-corrected chi connectivity index (χ3v) is 7.63. The van der Waals surface area contributed by atoms with Gasteiger partial charge in [-0.25, -0.2) is 13.6 Å². The molecule has 1 atom stereocenters. The van der Waals surface area contributed by atoms with Crippen LogP contribution in [0.15, 0.2) is 58.3 Å². The van der Waals surface area contributed by atoms with Gasteiger partial charge in [0.15, 0.2) is 0 Å². The molecule has 1 aliphatic heterocycles. The molecule has 3 rings (SSSR count). The average Bonchev–Trinajstić information content (AvgIpc) is 3.04. The van der Waals surface area contributed by atoms with Gasteiger partial charge in [-0.2, -0.15) is 0 Å². The van der Waals surface area contributed by atoms with E-state index in [4.69, 9.17) is 5.14 Å². The Kier molecular flexibility index (Phi) is 8.92. The van der Waals surface area contributed by atoms with E-state index in [1.165, 1.54) is 37.8 Å². The smallest absolute Gasteiger partial charge is 0.293 e. The summed E-state index contributed by atoms with van der Waals surface area (Å²) in [5, 5.41) is 20.1. The first-order valence-electron chi connectivity index (χ1n) is 10.8. The van der Waals surface area contributed by atoms with E-state index in [0.29, 0.717) is 5.69 Å². The van der Waals surface area contributed by atoms with Crippen molar-refractivity contribution in [2.75, 3.05) is 30.7 Å². The number of benzene rings is 2. The van der Waals surface area contributed by atoms with Crippen LogP contribution in [0.1, 0.15) is 32.1 Å². The summed E-state index contributed by atoms with van der Waals surface area (Å²) in [6.07, 6.45) is 5.78. The van der Waals surface area contributed by atoms with Crippen molar-refractivity contribution in [3.05, 3.63) is 58.6 Å². The van der Waals surface area contributed by atoms with Crippen molar-refractivity contribution in [1.82, 2.24) is 4.90 Å². The Morgan fingerprint density at radius 1 is 1.09 bits per heavy atom. The van der Waals surface area contributed by atoms with Gasteiger partial charge in [0.2, 0.25) is 10.0 Å². The van der Waals surface area contributed by atoms with Crippen molar-refractivity contribution in [2.24, 2.45) is 5.14 Å². The van der Waals surface area contributed by atoms with Crippen LogP contribution in [-0.4, -0.2) is 49.7 Å². The van der Waals surface area contributed by atoms with Crippen LogP contribution in [0.4, 0.5) is 11.4 Å². The third-order valence-electron chi connectivity index (χ3n) is 5.54. The molecule has 2 aromatic carbocycles. The molecule has 0 aromatic heterocycles. The molecule has 10 heteroatoms. The van der Waals surface area contributed by atoms with Gasteiger partial charge in [0, 0.05) is 29.3 Å². The van der Waals surface area contributed by atoms with Gasteiger partial charge in [0.05, 0.1) is 9.82 Å².